The fourth-order valence-corrected chi connectivity index (χ4v) is 8.80. The van der Waals surface area contributed by atoms with Gasteiger partial charge in [0.05, 0.1) is 29.8 Å². The molecule has 3 aromatic carbocycles. The summed E-state index contributed by atoms with van der Waals surface area (Å²) in [5.74, 6) is -3.24. The van der Waals surface area contributed by atoms with Crippen LogP contribution >= 0.6 is 7.60 Å². The van der Waals surface area contributed by atoms with Crippen LogP contribution in [0.5, 0.6) is 0 Å². The van der Waals surface area contributed by atoms with Crippen molar-refractivity contribution in [1.29, 1.82) is 0 Å². The van der Waals surface area contributed by atoms with E-state index < -0.39 is 72.4 Å². The van der Waals surface area contributed by atoms with Gasteiger partial charge in [-0.25, -0.2) is 9.78 Å². The van der Waals surface area contributed by atoms with Gasteiger partial charge in [0.25, 0.3) is 0 Å². The Balaban J connectivity index is 1.46. The smallest absolute Gasteiger partial charge is 0.370 e. The standard InChI is InChI=1S/C47H66N5O9P/c1-9-17-33(28-36-20-16-19-34-18-12-13-21-38(34)36)30-50-42(54)39(29-40(48)53)51-44(56)47(26-14-11-15-27-47)52-43(55)41(49)37(10-2)35-24-22-32(23-25-35)31-62(57,60-58-45(3,4)5)61-59-46(6,7)8/h9-10,12-13,16,18-25,33,37,39,41H,1-2,11,14-15,17,26-31,49H2,3-8H3,(H2,48,53)(H,50,54)(H,51,56)(H,52,55)/t33-,37+,39-,41-/m0/s1. The number of nitrogens with two attached hydrogens (primary N) is 2. The first kappa shape index (κ1) is 50.0. The Morgan fingerprint density at radius 2 is 1.47 bits per heavy atom. The maximum Gasteiger partial charge on any atom is 0.388 e. The molecule has 0 unspecified atom stereocenters. The molecule has 0 spiro atoms. The number of allylic oxidation sites excluding steroid dienone is 1. The Kier molecular flexibility index (Phi) is 17.8. The van der Waals surface area contributed by atoms with Gasteiger partial charge >= 0.3 is 7.60 Å². The van der Waals surface area contributed by atoms with E-state index in [1.807, 2.05) is 18.2 Å². The molecule has 62 heavy (non-hydrogen) atoms. The highest BCUT2D eigenvalue weighted by atomic mass is 31.2. The summed E-state index contributed by atoms with van der Waals surface area (Å²) in [6.45, 7) is 18.5. The molecule has 14 nitrogen and oxygen atoms in total. The van der Waals surface area contributed by atoms with Crippen LogP contribution in [0.15, 0.2) is 92.0 Å². The molecule has 0 aliphatic heterocycles. The largest absolute Gasteiger partial charge is 0.388 e. The van der Waals surface area contributed by atoms with E-state index in [-0.39, 0.29) is 18.6 Å². The van der Waals surface area contributed by atoms with Crippen LogP contribution in [0.25, 0.3) is 10.8 Å². The second-order valence-electron chi connectivity index (χ2n) is 18.1. The van der Waals surface area contributed by atoms with Gasteiger partial charge in [-0.05, 0) is 101 Å². The maximum absolute atomic E-state index is 14.3. The molecule has 0 saturated heterocycles. The Bertz CT molecular complexity index is 2040. The van der Waals surface area contributed by atoms with Crippen LogP contribution in [-0.4, -0.2) is 59.0 Å². The minimum absolute atomic E-state index is 0.0162. The zero-order valence-corrected chi connectivity index (χ0v) is 38.0. The zero-order valence-electron chi connectivity index (χ0n) is 37.1. The van der Waals surface area contributed by atoms with Crippen LogP contribution in [0.1, 0.15) is 109 Å². The molecule has 4 rings (SSSR count). The van der Waals surface area contributed by atoms with Crippen LogP contribution in [0.4, 0.5) is 0 Å². The van der Waals surface area contributed by atoms with E-state index in [2.05, 4.69) is 53.4 Å². The van der Waals surface area contributed by atoms with Crippen molar-refractivity contribution in [3.8, 4) is 0 Å². The highest BCUT2D eigenvalue weighted by molar-refractivity contribution is 7.52. The van der Waals surface area contributed by atoms with Crippen molar-refractivity contribution in [3.63, 3.8) is 0 Å². The fourth-order valence-electron chi connectivity index (χ4n) is 7.34. The van der Waals surface area contributed by atoms with Crippen molar-refractivity contribution in [3.05, 3.63) is 109 Å². The number of primary amides is 1. The van der Waals surface area contributed by atoms with Gasteiger partial charge in [0.2, 0.25) is 23.6 Å². The molecule has 338 valence electrons. The number of nitrogens with one attached hydrogen (secondary N) is 3. The molecular formula is C47H66N5O9P. The molecule has 0 heterocycles. The Labute approximate surface area is 366 Å². The topological polar surface area (TPSA) is 210 Å². The Morgan fingerprint density at radius 3 is 2.05 bits per heavy atom. The van der Waals surface area contributed by atoms with Crippen molar-refractivity contribution < 1.29 is 42.9 Å². The van der Waals surface area contributed by atoms with E-state index in [1.165, 1.54) is 0 Å². The number of fused-ring (bicyclic) bond motifs is 1. The van der Waals surface area contributed by atoms with E-state index in [1.54, 1.807) is 78.0 Å². The summed E-state index contributed by atoms with van der Waals surface area (Å²) in [6.07, 6.45) is 6.72. The number of carbonyl (C=O) groups excluding carboxylic acids is 4. The summed E-state index contributed by atoms with van der Waals surface area (Å²) < 4.78 is 24.3. The van der Waals surface area contributed by atoms with Crippen molar-refractivity contribution in [1.82, 2.24) is 16.0 Å². The minimum Gasteiger partial charge on any atom is -0.370 e. The lowest BCUT2D eigenvalue weighted by Gasteiger charge is -2.38. The third-order valence-electron chi connectivity index (χ3n) is 10.5. The zero-order chi connectivity index (χ0) is 45.7. The van der Waals surface area contributed by atoms with Crippen LogP contribution in [0.2, 0.25) is 0 Å². The molecule has 1 saturated carbocycles. The highest BCUT2D eigenvalue weighted by Crippen LogP contribution is 2.53. The second kappa shape index (κ2) is 22.1. The van der Waals surface area contributed by atoms with Crippen molar-refractivity contribution in [2.24, 2.45) is 17.4 Å². The molecule has 0 bridgehead atoms. The van der Waals surface area contributed by atoms with Gasteiger partial charge in [-0.15, -0.1) is 22.5 Å². The number of amides is 4. The van der Waals surface area contributed by atoms with Gasteiger partial charge in [-0.2, -0.15) is 0 Å². The summed E-state index contributed by atoms with van der Waals surface area (Å²) in [4.78, 5) is 64.9. The maximum atomic E-state index is 14.3. The lowest BCUT2D eigenvalue weighted by molar-refractivity contribution is -0.326. The van der Waals surface area contributed by atoms with Crippen LogP contribution in [0.3, 0.4) is 0 Å². The van der Waals surface area contributed by atoms with Crippen molar-refractivity contribution in [2.45, 2.75) is 134 Å². The van der Waals surface area contributed by atoms with Gasteiger partial charge in [0.15, 0.2) is 0 Å². The van der Waals surface area contributed by atoms with E-state index in [4.69, 9.17) is 30.6 Å². The molecular weight excluding hydrogens is 810 g/mol. The Hall–Kier alpha value is -4.69. The molecule has 0 aromatic heterocycles. The minimum atomic E-state index is -3.96. The van der Waals surface area contributed by atoms with E-state index in [0.29, 0.717) is 49.7 Å². The van der Waals surface area contributed by atoms with Crippen LogP contribution in [0, 0.1) is 5.92 Å². The molecule has 0 radical (unpaired) electrons. The summed E-state index contributed by atoms with van der Waals surface area (Å²) in [5.41, 5.74) is 11.6. The lowest BCUT2D eigenvalue weighted by Crippen LogP contribution is -2.65. The summed E-state index contributed by atoms with van der Waals surface area (Å²) in [6, 6.07) is 18.6. The first-order valence-electron chi connectivity index (χ1n) is 21.2. The normalized spacial score (nSPS) is 16.3. The third kappa shape index (κ3) is 15.0. The molecule has 4 atom stereocenters. The predicted molar refractivity (Wildman–Crippen MR) is 241 cm³/mol. The highest BCUT2D eigenvalue weighted by Gasteiger charge is 2.44. The average Bonchev–Trinajstić information content (AvgIpc) is 3.21. The number of hydrogen-bond donors (Lipinski definition) is 5. The molecule has 15 heteroatoms. The van der Waals surface area contributed by atoms with Crippen LogP contribution < -0.4 is 27.4 Å². The molecule has 1 fully saturated rings. The third-order valence-corrected chi connectivity index (χ3v) is 11.8. The van der Waals surface area contributed by atoms with Crippen molar-refractivity contribution >= 4 is 42.0 Å². The van der Waals surface area contributed by atoms with Gasteiger partial charge in [-0.1, -0.05) is 98.1 Å². The van der Waals surface area contributed by atoms with E-state index >= 15 is 0 Å². The number of carbonyl (C=O) groups is 4. The number of benzene rings is 3. The molecule has 7 N–H and O–H groups in total. The summed E-state index contributed by atoms with van der Waals surface area (Å²) in [5, 5.41) is 10.9. The van der Waals surface area contributed by atoms with Gasteiger partial charge in [0.1, 0.15) is 11.6 Å². The summed E-state index contributed by atoms with van der Waals surface area (Å²) in [7, 11) is -3.96. The molecule has 1 aliphatic carbocycles. The first-order valence-corrected chi connectivity index (χ1v) is 23.0. The fraction of sp³-hybridized carbons (Fsp3) is 0.489. The predicted octanol–water partition coefficient (Wildman–Crippen LogP) is 7.35. The molecule has 4 amide bonds. The average molecular weight is 876 g/mol. The van der Waals surface area contributed by atoms with Crippen molar-refractivity contribution in [2.75, 3.05) is 6.54 Å². The van der Waals surface area contributed by atoms with Gasteiger partial charge < -0.3 is 27.4 Å². The van der Waals surface area contributed by atoms with Crippen LogP contribution in [-0.2, 0) is 55.4 Å². The second-order valence-corrected chi connectivity index (χ2v) is 20.0. The van der Waals surface area contributed by atoms with Gasteiger partial charge in [0, 0.05) is 12.5 Å². The van der Waals surface area contributed by atoms with Gasteiger partial charge in [-0.3, -0.25) is 23.7 Å². The first-order chi connectivity index (χ1) is 29.2. The van der Waals surface area contributed by atoms with E-state index in [0.717, 1.165) is 22.8 Å². The van der Waals surface area contributed by atoms with E-state index in [9.17, 15) is 23.7 Å². The summed E-state index contributed by atoms with van der Waals surface area (Å²) >= 11 is 0. The lowest BCUT2D eigenvalue weighted by atomic mass is 9.79. The monoisotopic (exact) mass is 875 g/mol. The Morgan fingerprint density at radius 1 is 0.855 bits per heavy atom. The number of hydrogen-bond acceptors (Lipinski definition) is 10. The quantitative estimate of drug-likeness (QED) is 0.0293. The number of rotatable bonds is 22. The molecule has 3 aromatic rings. The SMILES string of the molecule is C=CC[C@H](CNC(=O)[C@H](CC(N)=O)NC(=O)C1(NC(=O)[C@@H](N)[C@H](C=C)c2ccc(CP(=O)(OOC(C)(C)C)OOC(C)(C)C)cc2)CCCCC1)Cc1cccc2ccccc12. The molecule has 1 aliphatic rings.